The fourth-order valence-corrected chi connectivity index (χ4v) is 3.63. The summed E-state index contributed by atoms with van der Waals surface area (Å²) in [5, 5.41) is 18.0. The molecule has 0 saturated heterocycles. The Labute approximate surface area is 207 Å². The van der Waals surface area contributed by atoms with Crippen molar-refractivity contribution in [3.8, 4) is 11.1 Å². The van der Waals surface area contributed by atoms with Crippen molar-refractivity contribution >= 4 is 29.1 Å². The van der Waals surface area contributed by atoms with Crippen LogP contribution < -0.4 is 10.6 Å². The number of amides is 1. The molecule has 0 aliphatic rings. The minimum atomic E-state index is -0.956. The number of aromatic carboxylic acids is 1. The Bertz CT molecular complexity index is 1290. The molecular weight excluding hydrogens is 464 g/mol. The molecule has 2 heterocycles. The molecule has 4 aromatic rings. The Balaban J connectivity index is 0.000000320. The number of benzene rings is 2. The molecule has 0 spiro atoms. The maximum absolute atomic E-state index is 12.7. The highest BCUT2D eigenvalue weighted by atomic mass is 32.1. The minimum Gasteiger partial charge on any atom is -0.477 e. The van der Waals surface area contributed by atoms with E-state index in [9.17, 15) is 9.59 Å². The molecule has 9 nitrogen and oxygen atoms in total. The van der Waals surface area contributed by atoms with E-state index in [-0.39, 0.29) is 16.8 Å². The van der Waals surface area contributed by atoms with Crippen LogP contribution in [0.3, 0.4) is 0 Å². The zero-order valence-corrected chi connectivity index (χ0v) is 20.6. The summed E-state index contributed by atoms with van der Waals surface area (Å²) in [6.45, 7) is 5.57. The number of carboxylic acid groups (broad SMARTS) is 1. The van der Waals surface area contributed by atoms with Gasteiger partial charge in [0, 0.05) is 30.7 Å². The van der Waals surface area contributed by atoms with E-state index in [1.165, 1.54) is 5.56 Å². The second-order valence-electron chi connectivity index (χ2n) is 7.73. The number of hydrogen-bond acceptors (Lipinski definition) is 8. The topological polar surface area (TPSA) is 130 Å². The van der Waals surface area contributed by atoms with Crippen molar-refractivity contribution < 1.29 is 14.7 Å². The monoisotopic (exact) mass is 490 g/mol. The molecule has 2 aromatic heterocycles. The number of rotatable bonds is 6. The first kappa shape index (κ1) is 25.4. The first-order chi connectivity index (χ1) is 16.8. The molecule has 0 radical (unpaired) electrons. The van der Waals surface area contributed by atoms with Crippen molar-refractivity contribution in [3.63, 3.8) is 0 Å². The van der Waals surface area contributed by atoms with Crippen LogP contribution in [0.15, 0.2) is 61.1 Å². The number of nitrogens with one attached hydrogen (secondary N) is 2. The van der Waals surface area contributed by atoms with Gasteiger partial charge in [0.25, 0.3) is 5.91 Å². The molecule has 2 aromatic carbocycles. The molecule has 0 saturated carbocycles. The lowest BCUT2D eigenvalue weighted by molar-refractivity contribution is 0.0700. The highest BCUT2D eigenvalue weighted by Gasteiger charge is 2.14. The van der Waals surface area contributed by atoms with Crippen molar-refractivity contribution in [2.24, 2.45) is 0 Å². The van der Waals surface area contributed by atoms with Crippen LogP contribution >= 0.6 is 11.5 Å². The van der Waals surface area contributed by atoms with Crippen LogP contribution in [-0.4, -0.2) is 43.6 Å². The Kier molecular flexibility index (Phi) is 8.58. The molecule has 0 aliphatic carbocycles. The predicted octanol–water partition coefficient (Wildman–Crippen LogP) is 4.53. The Morgan fingerprint density at radius 3 is 2.31 bits per heavy atom. The first-order valence-electron chi connectivity index (χ1n) is 10.8. The second kappa shape index (κ2) is 11.8. The summed E-state index contributed by atoms with van der Waals surface area (Å²) in [7, 11) is 1.85. The summed E-state index contributed by atoms with van der Waals surface area (Å²) >= 11 is 0.897. The largest absolute Gasteiger partial charge is 0.477 e. The van der Waals surface area contributed by atoms with Gasteiger partial charge in [-0.3, -0.25) is 14.8 Å². The summed E-state index contributed by atoms with van der Waals surface area (Å²) in [5.41, 5.74) is 5.97. The van der Waals surface area contributed by atoms with Crippen LogP contribution in [0.5, 0.6) is 0 Å². The third kappa shape index (κ3) is 6.90. The van der Waals surface area contributed by atoms with E-state index < -0.39 is 5.97 Å². The number of nitrogens with zero attached hydrogens (tertiary/aromatic N) is 4. The van der Waals surface area contributed by atoms with Crippen molar-refractivity contribution in [2.45, 2.75) is 26.8 Å². The smallest absolute Gasteiger partial charge is 0.349 e. The third-order valence-corrected chi connectivity index (χ3v) is 5.90. The summed E-state index contributed by atoms with van der Waals surface area (Å²) in [6.07, 6.45) is 4.89. The standard InChI is InChI=1S/C21H22N4O.C4H4N2O2S/c1-14-4-6-16(7-5-14)17-10-18(12-19(11-17)22-3)21(26)25-15(2)20-13-23-8-9-24-20;1-2-3(4(7)8)9-6-5-2/h4-13,15,22H,1-3H3,(H,25,26);1H3,(H,7,8). The number of aromatic nitrogens is 4. The van der Waals surface area contributed by atoms with Crippen molar-refractivity contribution in [2.75, 3.05) is 12.4 Å². The lowest BCUT2D eigenvalue weighted by Crippen LogP contribution is -2.27. The minimum absolute atomic E-state index is 0.145. The van der Waals surface area contributed by atoms with Gasteiger partial charge >= 0.3 is 5.97 Å². The van der Waals surface area contributed by atoms with Crippen molar-refractivity contribution in [1.82, 2.24) is 24.9 Å². The van der Waals surface area contributed by atoms with E-state index >= 15 is 0 Å². The normalized spacial score (nSPS) is 11.1. The summed E-state index contributed by atoms with van der Waals surface area (Å²) in [5.74, 6) is -1.10. The molecular formula is C25H26N6O3S. The van der Waals surface area contributed by atoms with Crippen LogP contribution in [0.25, 0.3) is 11.1 Å². The summed E-state index contributed by atoms with van der Waals surface area (Å²) < 4.78 is 3.45. The molecule has 1 amide bonds. The molecule has 180 valence electrons. The Hall–Kier alpha value is -4.18. The fraction of sp³-hybridized carbons (Fsp3) is 0.200. The van der Waals surface area contributed by atoms with Crippen LogP contribution in [0.1, 0.15) is 49.9 Å². The summed E-state index contributed by atoms with van der Waals surface area (Å²) in [6, 6.07) is 13.8. The number of carbonyl (C=O) groups excluding carboxylic acids is 1. The Morgan fingerprint density at radius 1 is 1.03 bits per heavy atom. The number of carbonyl (C=O) groups is 2. The number of carboxylic acids is 1. The van der Waals surface area contributed by atoms with E-state index in [2.05, 4.69) is 61.4 Å². The van der Waals surface area contributed by atoms with Crippen molar-refractivity contribution in [1.29, 1.82) is 0 Å². The van der Waals surface area contributed by atoms with E-state index in [0.717, 1.165) is 34.0 Å². The molecule has 0 aliphatic heterocycles. The number of hydrogen-bond donors (Lipinski definition) is 3. The molecule has 10 heteroatoms. The second-order valence-corrected chi connectivity index (χ2v) is 8.49. The predicted molar refractivity (Wildman–Crippen MR) is 136 cm³/mol. The van der Waals surface area contributed by atoms with E-state index in [1.807, 2.05) is 32.2 Å². The molecule has 1 unspecified atom stereocenters. The zero-order valence-electron chi connectivity index (χ0n) is 19.8. The first-order valence-corrected chi connectivity index (χ1v) is 11.5. The zero-order chi connectivity index (χ0) is 25.4. The van der Waals surface area contributed by atoms with Gasteiger partial charge in [-0.1, -0.05) is 34.3 Å². The third-order valence-electron chi connectivity index (χ3n) is 5.09. The fourth-order valence-electron chi connectivity index (χ4n) is 3.13. The maximum Gasteiger partial charge on any atom is 0.349 e. The average Bonchev–Trinajstić information content (AvgIpc) is 3.31. The Morgan fingerprint density at radius 2 is 1.77 bits per heavy atom. The van der Waals surface area contributed by atoms with Gasteiger partial charge in [0.1, 0.15) is 0 Å². The van der Waals surface area contributed by atoms with Gasteiger partial charge in [0.15, 0.2) is 4.88 Å². The van der Waals surface area contributed by atoms with Crippen molar-refractivity contribution in [3.05, 3.63) is 88.4 Å². The lowest BCUT2D eigenvalue weighted by atomic mass is 10.0. The van der Waals surface area contributed by atoms with Crippen LogP contribution in [-0.2, 0) is 0 Å². The number of aryl methyl sites for hydroxylation is 2. The SMILES string of the molecule is CNc1cc(C(=O)NC(C)c2cnccn2)cc(-c2ccc(C)cc2)c1.Cc1nnsc1C(=O)O. The van der Waals surface area contributed by atoms with E-state index in [4.69, 9.17) is 5.11 Å². The quantitative estimate of drug-likeness (QED) is 0.359. The van der Waals surface area contributed by atoms with Gasteiger partial charge in [-0.05, 0) is 61.6 Å². The highest BCUT2D eigenvalue weighted by molar-refractivity contribution is 7.07. The molecule has 4 rings (SSSR count). The maximum atomic E-state index is 12.7. The van der Waals surface area contributed by atoms with Gasteiger partial charge in [-0.15, -0.1) is 5.10 Å². The molecule has 35 heavy (non-hydrogen) atoms. The molecule has 3 N–H and O–H groups in total. The van der Waals surface area contributed by atoms with Gasteiger partial charge in [0.05, 0.1) is 23.6 Å². The van der Waals surface area contributed by atoms with Crippen LogP contribution in [0.4, 0.5) is 5.69 Å². The van der Waals surface area contributed by atoms with Gasteiger partial charge in [-0.25, -0.2) is 4.79 Å². The van der Waals surface area contributed by atoms with E-state index in [0.29, 0.717) is 11.3 Å². The van der Waals surface area contributed by atoms with Gasteiger partial charge < -0.3 is 15.7 Å². The van der Waals surface area contributed by atoms with Gasteiger partial charge in [0.2, 0.25) is 0 Å². The van der Waals surface area contributed by atoms with E-state index in [1.54, 1.807) is 25.5 Å². The van der Waals surface area contributed by atoms with Gasteiger partial charge in [-0.2, -0.15) is 0 Å². The van der Waals surface area contributed by atoms with Crippen LogP contribution in [0, 0.1) is 13.8 Å². The van der Waals surface area contributed by atoms with Crippen LogP contribution in [0.2, 0.25) is 0 Å². The number of anilines is 1. The molecule has 0 bridgehead atoms. The summed E-state index contributed by atoms with van der Waals surface area (Å²) in [4.78, 5) is 31.5. The lowest BCUT2D eigenvalue weighted by Gasteiger charge is -2.15. The molecule has 0 fully saturated rings. The average molecular weight is 491 g/mol. The molecule has 1 atom stereocenters. The highest BCUT2D eigenvalue weighted by Crippen LogP contribution is 2.25.